The molecule has 1 amide bonds. The Bertz CT molecular complexity index is 894. The topological polar surface area (TPSA) is 79.4 Å². The van der Waals surface area contributed by atoms with E-state index >= 15 is 0 Å². The van der Waals surface area contributed by atoms with Gasteiger partial charge < -0.3 is 5.32 Å². The molecule has 1 aliphatic heterocycles. The lowest BCUT2D eigenvalue weighted by Gasteiger charge is -2.20. The molecule has 1 unspecified atom stereocenters. The summed E-state index contributed by atoms with van der Waals surface area (Å²) in [7, 11) is -3.40. The van der Waals surface area contributed by atoms with Crippen molar-refractivity contribution in [2.75, 3.05) is 18.1 Å². The van der Waals surface area contributed by atoms with Gasteiger partial charge in [0.25, 0.3) is 0 Å². The molecule has 0 spiro atoms. The molecule has 2 aromatic rings. The summed E-state index contributed by atoms with van der Waals surface area (Å²) in [5.41, 5.74) is 1.70. The molecule has 1 aromatic carbocycles. The van der Waals surface area contributed by atoms with Crippen molar-refractivity contribution in [3.8, 4) is 11.3 Å². The van der Waals surface area contributed by atoms with Crippen molar-refractivity contribution in [2.45, 2.75) is 25.8 Å². The lowest BCUT2D eigenvalue weighted by molar-refractivity contribution is -0.119. The summed E-state index contributed by atoms with van der Waals surface area (Å²) in [6.07, 6.45) is 2.33. The van der Waals surface area contributed by atoms with Crippen LogP contribution in [0, 0.1) is 6.92 Å². The average Bonchev–Trinajstić information content (AvgIpc) is 3.15. The van der Waals surface area contributed by atoms with Gasteiger partial charge in [0.2, 0.25) is 15.9 Å². The Balaban J connectivity index is 1.79. The van der Waals surface area contributed by atoms with Crippen LogP contribution in [0.5, 0.6) is 0 Å². The van der Waals surface area contributed by atoms with Gasteiger partial charge in [0.1, 0.15) is 6.04 Å². The first-order valence-electron chi connectivity index (χ1n) is 7.77. The summed E-state index contributed by atoms with van der Waals surface area (Å²) in [5.74, 6) is -0.334. The highest BCUT2D eigenvalue weighted by molar-refractivity contribution is 7.88. The first-order valence-corrected chi connectivity index (χ1v) is 10.8. The van der Waals surface area contributed by atoms with Crippen LogP contribution < -0.4 is 5.32 Å². The Kier molecular flexibility index (Phi) is 5.15. The number of aromatic nitrogens is 1. The van der Waals surface area contributed by atoms with Crippen molar-refractivity contribution in [2.24, 2.45) is 0 Å². The minimum atomic E-state index is -3.40. The van der Waals surface area contributed by atoms with Crippen LogP contribution in [0.3, 0.4) is 0 Å². The third-order valence-electron chi connectivity index (χ3n) is 4.08. The number of nitrogens with zero attached hydrogens (tertiary/aromatic N) is 2. The van der Waals surface area contributed by atoms with Gasteiger partial charge in [-0.1, -0.05) is 23.7 Å². The second-order valence-corrected chi connectivity index (χ2v) is 9.53. The van der Waals surface area contributed by atoms with E-state index in [0.717, 1.165) is 22.4 Å². The zero-order valence-corrected chi connectivity index (χ0v) is 16.2. The Morgan fingerprint density at radius 3 is 2.68 bits per heavy atom. The summed E-state index contributed by atoms with van der Waals surface area (Å²) < 4.78 is 24.8. The molecule has 1 aliphatic rings. The third kappa shape index (κ3) is 4.03. The van der Waals surface area contributed by atoms with Gasteiger partial charge in [0.05, 0.1) is 11.9 Å². The summed E-state index contributed by atoms with van der Waals surface area (Å²) in [4.78, 5) is 18.0. The molecule has 134 valence electrons. The monoisotopic (exact) mass is 399 g/mol. The number of carbonyl (C=O) groups is 1. The molecular formula is C16H18ClN3O3S2. The maximum atomic E-state index is 12.5. The lowest BCUT2D eigenvalue weighted by Crippen LogP contribution is -2.42. The van der Waals surface area contributed by atoms with Crippen molar-refractivity contribution < 1.29 is 13.2 Å². The van der Waals surface area contributed by atoms with Crippen LogP contribution in [-0.4, -0.2) is 42.5 Å². The highest BCUT2D eigenvalue weighted by Gasteiger charge is 2.36. The zero-order valence-electron chi connectivity index (χ0n) is 13.8. The van der Waals surface area contributed by atoms with Crippen LogP contribution in [0.25, 0.3) is 11.3 Å². The number of amides is 1. The van der Waals surface area contributed by atoms with Gasteiger partial charge in [0.15, 0.2) is 5.13 Å². The van der Waals surface area contributed by atoms with E-state index in [9.17, 15) is 13.2 Å². The molecular weight excluding hydrogens is 382 g/mol. The molecule has 0 bridgehead atoms. The Labute approximate surface area is 155 Å². The van der Waals surface area contributed by atoms with E-state index in [1.165, 1.54) is 15.6 Å². The van der Waals surface area contributed by atoms with Crippen LogP contribution in [0.1, 0.15) is 17.7 Å². The molecule has 1 fully saturated rings. The highest BCUT2D eigenvalue weighted by Crippen LogP contribution is 2.31. The molecule has 3 rings (SSSR count). The molecule has 1 aromatic heterocycles. The smallest absolute Gasteiger partial charge is 0.244 e. The predicted molar refractivity (Wildman–Crippen MR) is 100 cm³/mol. The molecule has 9 heteroatoms. The molecule has 1 atom stereocenters. The Morgan fingerprint density at radius 2 is 2.04 bits per heavy atom. The number of anilines is 1. The van der Waals surface area contributed by atoms with Gasteiger partial charge >= 0.3 is 0 Å². The summed E-state index contributed by atoms with van der Waals surface area (Å²) in [6, 6.07) is 6.65. The predicted octanol–water partition coefficient (Wildman–Crippen LogP) is 3.13. The number of sulfonamides is 1. The standard InChI is InChI=1S/C16H18ClN3O3S2/c1-10-14(11-5-7-12(17)8-6-11)18-16(24-10)19-15(21)13-4-3-9-20(13)25(2,22)23/h5-8,13H,3-4,9H2,1-2H3,(H,18,19,21). The van der Waals surface area contributed by atoms with E-state index in [1.54, 1.807) is 12.1 Å². The van der Waals surface area contributed by atoms with Crippen LogP contribution in [0.4, 0.5) is 5.13 Å². The fraction of sp³-hybridized carbons (Fsp3) is 0.375. The fourth-order valence-electron chi connectivity index (χ4n) is 2.91. The van der Waals surface area contributed by atoms with E-state index in [-0.39, 0.29) is 5.91 Å². The van der Waals surface area contributed by atoms with Crippen LogP contribution in [-0.2, 0) is 14.8 Å². The normalized spacial score (nSPS) is 18.4. The van der Waals surface area contributed by atoms with Crippen LogP contribution in [0.2, 0.25) is 5.02 Å². The minimum absolute atomic E-state index is 0.334. The molecule has 0 radical (unpaired) electrons. The fourth-order valence-corrected chi connectivity index (χ4v) is 5.00. The third-order valence-corrected chi connectivity index (χ3v) is 6.50. The maximum absolute atomic E-state index is 12.5. The van der Waals surface area contributed by atoms with E-state index in [1.807, 2.05) is 19.1 Å². The van der Waals surface area contributed by atoms with Crippen LogP contribution in [0.15, 0.2) is 24.3 Å². The van der Waals surface area contributed by atoms with Crippen molar-refractivity contribution >= 4 is 44.0 Å². The van der Waals surface area contributed by atoms with Crippen molar-refractivity contribution in [3.63, 3.8) is 0 Å². The van der Waals surface area contributed by atoms with E-state index < -0.39 is 16.1 Å². The van der Waals surface area contributed by atoms with Crippen molar-refractivity contribution in [1.82, 2.24) is 9.29 Å². The molecule has 25 heavy (non-hydrogen) atoms. The van der Waals surface area contributed by atoms with Gasteiger partial charge in [0, 0.05) is 22.0 Å². The van der Waals surface area contributed by atoms with Crippen LogP contribution >= 0.6 is 22.9 Å². The first-order chi connectivity index (χ1) is 11.8. The number of hydrogen-bond donors (Lipinski definition) is 1. The van der Waals surface area contributed by atoms with E-state index in [2.05, 4.69) is 10.3 Å². The van der Waals surface area contributed by atoms with E-state index in [0.29, 0.717) is 29.5 Å². The Hall–Kier alpha value is -1.48. The van der Waals surface area contributed by atoms with E-state index in [4.69, 9.17) is 11.6 Å². The maximum Gasteiger partial charge on any atom is 0.244 e. The molecule has 0 aliphatic carbocycles. The zero-order chi connectivity index (χ0) is 18.2. The number of thiazole rings is 1. The van der Waals surface area contributed by atoms with Gasteiger partial charge in [-0.2, -0.15) is 4.31 Å². The quantitative estimate of drug-likeness (QED) is 0.856. The number of hydrogen-bond acceptors (Lipinski definition) is 5. The minimum Gasteiger partial charge on any atom is -0.301 e. The average molecular weight is 400 g/mol. The molecule has 0 saturated carbocycles. The number of nitrogens with one attached hydrogen (secondary N) is 1. The highest BCUT2D eigenvalue weighted by atomic mass is 35.5. The van der Waals surface area contributed by atoms with Gasteiger partial charge in [-0.25, -0.2) is 13.4 Å². The summed E-state index contributed by atoms with van der Waals surface area (Å²) in [5, 5.41) is 3.88. The number of benzene rings is 1. The second kappa shape index (κ2) is 7.03. The number of rotatable bonds is 4. The van der Waals surface area contributed by atoms with Crippen molar-refractivity contribution in [3.05, 3.63) is 34.2 Å². The first kappa shape index (κ1) is 18.3. The van der Waals surface area contributed by atoms with Crippen molar-refractivity contribution in [1.29, 1.82) is 0 Å². The summed E-state index contributed by atoms with van der Waals surface area (Å²) >= 11 is 7.27. The molecule has 2 heterocycles. The number of aryl methyl sites for hydroxylation is 1. The SMILES string of the molecule is Cc1sc(NC(=O)C2CCCN2S(C)(=O)=O)nc1-c1ccc(Cl)cc1. The van der Waals surface area contributed by atoms with Gasteiger partial charge in [-0.15, -0.1) is 11.3 Å². The molecule has 6 nitrogen and oxygen atoms in total. The number of carbonyl (C=O) groups excluding carboxylic acids is 1. The largest absolute Gasteiger partial charge is 0.301 e. The lowest BCUT2D eigenvalue weighted by atomic mass is 10.1. The van der Waals surface area contributed by atoms with Gasteiger partial charge in [-0.3, -0.25) is 4.79 Å². The number of halogens is 1. The summed E-state index contributed by atoms with van der Waals surface area (Å²) in [6.45, 7) is 2.31. The van der Waals surface area contributed by atoms with Gasteiger partial charge in [-0.05, 0) is 31.9 Å². The second-order valence-electron chi connectivity index (χ2n) is 5.95. The molecule has 1 saturated heterocycles. The Morgan fingerprint density at radius 1 is 1.36 bits per heavy atom. The molecule has 1 N–H and O–H groups in total.